The average Bonchev–Trinajstić information content (AvgIpc) is 2.72. The number of carbonyl (C=O) groups excluding carboxylic acids is 1. The highest BCUT2D eigenvalue weighted by Crippen LogP contribution is 2.24. The molecule has 1 heterocycles. The molecule has 1 fully saturated rings. The number of rotatable bonds is 4. The number of benzene rings is 1. The fourth-order valence-corrected chi connectivity index (χ4v) is 2.87. The van der Waals surface area contributed by atoms with Crippen molar-refractivity contribution in [3.05, 3.63) is 23.2 Å². The molecule has 1 aliphatic heterocycles. The molecule has 1 aliphatic rings. The Balaban J connectivity index is 2.05. The van der Waals surface area contributed by atoms with Crippen molar-refractivity contribution in [2.24, 2.45) is 0 Å². The van der Waals surface area contributed by atoms with E-state index in [-0.39, 0.29) is 11.9 Å². The quantitative estimate of drug-likeness (QED) is 0.743. The number of anilines is 2. The molecule has 1 aromatic carbocycles. The number of nitrogens with one attached hydrogen (secondary N) is 2. The molecule has 116 valence electrons. The Morgan fingerprint density at radius 1 is 1.48 bits per heavy atom. The molecule has 21 heavy (non-hydrogen) atoms. The first kappa shape index (κ1) is 16.1. The summed E-state index contributed by atoms with van der Waals surface area (Å²) in [6.45, 7) is 5.80. The van der Waals surface area contributed by atoms with Crippen molar-refractivity contribution >= 4 is 28.9 Å². The van der Waals surface area contributed by atoms with Gasteiger partial charge in [-0.05, 0) is 37.6 Å². The van der Waals surface area contributed by atoms with Crippen molar-refractivity contribution in [3.63, 3.8) is 0 Å². The van der Waals surface area contributed by atoms with E-state index in [0.717, 1.165) is 39.0 Å². The van der Waals surface area contributed by atoms with Gasteiger partial charge in [-0.1, -0.05) is 18.5 Å². The largest absolute Gasteiger partial charge is 0.399 e. The standard InChI is InChI=1S/C15H23ClN4O/c1-2-14(20-8-3-6-18-7-9-20)15(21)19-13-5-4-11(17)10-12(13)16/h4-5,10,14,18H,2-3,6-9,17H2,1H3,(H,19,21). The Morgan fingerprint density at radius 2 is 2.29 bits per heavy atom. The third kappa shape index (κ3) is 4.33. The molecule has 0 radical (unpaired) electrons. The van der Waals surface area contributed by atoms with Crippen LogP contribution in [0.4, 0.5) is 11.4 Å². The summed E-state index contributed by atoms with van der Waals surface area (Å²) in [6.07, 6.45) is 1.84. The highest BCUT2D eigenvalue weighted by atomic mass is 35.5. The topological polar surface area (TPSA) is 70.4 Å². The third-order valence-corrected chi connectivity index (χ3v) is 4.07. The van der Waals surface area contributed by atoms with Gasteiger partial charge in [0.25, 0.3) is 0 Å². The van der Waals surface area contributed by atoms with Gasteiger partial charge in [-0.25, -0.2) is 0 Å². The lowest BCUT2D eigenvalue weighted by molar-refractivity contribution is -0.121. The highest BCUT2D eigenvalue weighted by molar-refractivity contribution is 6.34. The molecule has 0 saturated carbocycles. The molecule has 1 amide bonds. The first-order chi connectivity index (χ1) is 10.1. The Bertz CT molecular complexity index is 487. The number of carbonyl (C=O) groups is 1. The number of hydrogen-bond acceptors (Lipinski definition) is 4. The summed E-state index contributed by atoms with van der Waals surface area (Å²) in [5.41, 5.74) is 6.87. The van der Waals surface area contributed by atoms with Crippen LogP contribution in [0.2, 0.25) is 5.02 Å². The summed E-state index contributed by atoms with van der Waals surface area (Å²) in [7, 11) is 0. The SMILES string of the molecule is CCC(C(=O)Nc1ccc(N)cc1Cl)N1CCCNCC1. The van der Waals surface area contributed by atoms with Crippen molar-refractivity contribution in [1.29, 1.82) is 0 Å². The summed E-state index contributed by atoms with van der Waals surface area (Å²) in [5, 5.41) is 6.74. The number of halogens is 1. The molecule has 1 saturated heterocycles. The smallest absolute Gasteiger partial charge is 0.241 e. The average molecular weight is 311 g/mol. The van der Waals surface area contributed by atoms with Crippen LogP contribution >= 0.6 is 11.6 Å². The number of nitrogens with zero attached hydrogens (tertiary/aromatic N) is 1. The van der Waals surface area contributed by atoms with Crippen molar-refractivity contribution < 1.29 is 4.79 Å². The first-order valence-electron chi connectivity index (χ1n) is 7.42. The molecule has 0 aliphatic carbocycles. The molecule has 1 unspecified atom stereocenters. The van der Waals surface area contributed by atoms with Gasteiger partial charge in [-0.3, -0.25) is 9.69 Å². The van der Waals surface area contributed by atoms with Crippen LogP contribution in [-0.4, -0.2) is 43.0 Å². The van der Waals surface area contributed by atoms with E-state index in [9.17, 15) is 4.79 Å². The van der Waals surface area contributed by atoms with E-state index in [2.05, 4.69) is 15.5 Å². The van der Waals surface area contributed by atoms with E-state index in [1.165, 1.54) is 0 Å². The highest BCUT2D eigenvalue weighted by Gasteiger charge is 2.25. The maximum absolute atomic E-state index is 12.5. The molecule has 1 aromatic rings. The summed E-state index contributed by atoms with van der Waals surface area (Å²) in [6, 6.07) is 5.00. The maximum Gasteiger partial charge on any atom is 0.241 e. The Morgan fingerprint density at radius 3 is 3.00 bits per heavy atom. The summed E-state index contributed by atoms with van der Waals surface area (Å²) < 4.78 is 0. The van der Waals surface area contributed by atoms with Gasteiger partial charge < -0.3 is 16.4 Å². The molecule has 0 bridgehead atoms. The van der Waals surface area contributed by atoms with Gasteiger partial charge in [0.05, 0.1) is 16.8 Å². The van der Waals surface area contributed by atoms with Crippen LogP contribution in [0.1, 0.15) is 19.8 Å². The fourth-order valence-electron chi connectivity index (χ4n) is 2.64. The van der Waals surface area contributed by atoms with Gasteiger partial charge in [0.1, 0.15) is 0 Å². The zero-order valence-corrected chi connectivity index (χ0v) is 13.1. The van der Waals surface area contributed by atoms with Crippen molar-refractivity contribution in [2.75, 3.05) is 37.2 Å². The van der Waals surface area contributed by atoms with Crippen LogP contribution in [0.15, 0.2) is 18.2 Å². The predicted octanol–water partition coefficient (Wildman–Crippen LogP) is 1.93. The molecule has 0 aromatic heterocycles. The van der Waals surface area contributed by atoms with Gasteiger partial charge >= 0.3 is 0 Å². The monoisotopic (exact) mass is 310 g/mol. The van der Waals surface area contributed by atoms with Crippen LogP contribution in [0.3, 0.4) is 0 Å². The molecule has 6 heteroatoms. The first-order valence-corrected chi connectivity index (χ1v) is 7.80. The molecule has 4 N–H and O–H groups in total. The van der Waals surface area contributed by atoms with Crippen LogP contribution < -0.4 is 16.4 Å². The number of nitrogens with two attached hydrogens (primary N) is 1. The van der Waals surface area contributed by atoms with Gasteiger partial charge in [0, 0.05) is 25.3 Å². The maximum atomic E-state index is 12.5. The van der Waals surface area contributed by atoms with Gasteiger partial charge in [0.2, 0.25) is 5.91 Å². The van der Waals surface area contributed by atoms with Gasteiger partial charge in [-0.15, -0.1) is 0 Å². The van der Waals surface area contributed by atoms with E-state index in [0.29, 0.717) is 16.4 Å². The summed E-state index contributed by atoms with van der Waals surface area (Å²) >= 11 is 6.12. The van der Waals surface area contributed by atoms with Crippen LogP contribution in [0.5, 0.6) is 0 Å². The minimum Gasteiger partial charge on any atom is -0.399 e. The number of hydrogen-bond donors (Lipinski definition) is 3. The second-order valence-electron chi connectivity index (χ2n) is 5.29. The lowest BCUT2D eigenvalue weighted by Crippen LogP contribution is -2.45. The van der Waals surface area contributed by atoms with E-state index in [1.807, 2.05) is 6.92 Å². The van der Waals surface area contributed by atoms with Crippen LogP contribution in [0.25, 0.3) is 0 Å². The molecular weight excluding hydrogens is 288 g/mol. The molecular formula is C15H23ClN4O. The van der Waals surface area contributed by atoms with Gasteiger partial charge in [-0.2, -0.15) is 0 Å². The van der Waals surface area contributed by atoms with Crippen molar-refractivity contribution in [3.8, 4) is 0 Å². The Kier molecular flexibility index (Phi) is 5.85. The van der Waals surface area contributed by atoms with Crippen LogP contribution in [0, 0.1) is 0 Å². The Hall–Kier alpha value is -1.30. The van der Waals surface area contributed by atoms with E-state index >= 15 is 0 Å². The molecule has 1 atom stereocenters. The summed E-state index contributed by atoms with van der Waals surface area (Å²) in [5.74, 6) is -0.00827. The van der Waals surface area contributed by atoms with Crippen molar-refractivity contribution in [1.82, 2.24) is 10.2 Å². The predicted molar refractivity (Wildman–Crippen MR) is 87.6 cm³/mol. The van der Waals surface area contributed by atoms with Crippen LogP contribution in [-0.2, 0) is 4.79 Å². The second kappa shape index (κ2) is 7.64. The summed E-state index contributed by atoms with van der Waals surface area (Å²) in [4.78, 5) is 14.8. The fraction of sp³-hybridized carbons (Fsp3) is 0.533. The lowest BCUT2D eigenvalue weighted by atomic mass is 10.1. The zero-order chi connectivity index (χ0) is 15.2. The third-order valence-electron chi connectivity index (χ3n) is 3.76. The second-order valence-corrected chi connectivity index (χ2v) is 5.70. The normalized spacial score (nSPS) is 18.0. The van der Waals surface area contributed by atoms with E-state index in [1.54, 1.807) is 18.2 Å². The van der Waals surface area contributed by atoms with E-state index in [4.69, 9.17) is 17.3 Å². The lowest BCUT2D eigenvalue weighted by Gasteiger charge is -2.28. The minimum absolute atomic E-state index is 0.00827. The number of amides is 1. The molecule has 5 nitrogen and oxygen atoms in total. The zero-order valence-electron chi connectivity index (χ0n) is 12.4. The minimum atomic E-state index is -0.126. The molecule has 2 rings (SSSR count). The van der Waals surface area contributed by atoms with Gasteiger partial charge in [0.15, 0.2) is 0 Å². The number of nitrogen functional groups attached to an aromatic ring is 1. The van der Waals surface area contributed by atoms with Crippen molar-refractivity contribution in [2.45, 2.75) is 25.8 Å². The molecule has 0 spiro atoms. The van der Waals surface area contributed by atoms with E-state index < -0.39 is 0 Å². The Labute approximate surface area is 130 Å².